The smallest absolute Gasteiger partial charge is 0.169 e. The van der Waals surface area contributed by atoms with E-state index in [9.17, 15) is 0 Å². The molecule has 1 saturated carbocycles. The van der Waals surface area contributed by atoms with Crippen molar-refractivity contribution in [2.45, 2.75) is 38.9 Å². The zero-order valence-electron chi connectivity index (χ0n) is 9.27. The van der Waals surface area contributed by atoms with Crippen molar-refractivity contribution in [3.05, 3.63) is 0 Å². The maximum Gasteiger partial charge on any atom is 0.169 e. The molecule has 3 heteroatoms. The fourth-order valence-electron chi connectivity index (χ4n) is 2.64. The zero-order valence-corrected chi connectivity index (χ0v) is 9.27. The van der Waals surface area contributed by atoms with E-state index in [1.165, 1.54) is 13.1 Å². The van der Waals surface area contributed by atoms with Crippen molar-refractivity contribution in [1.29, 1.82) is 0 Å². The Morgan fingerprint density at radius 2 is 1.57 bits per heavy atom. The molecule has 2 spiro atoms. The van der Waals surface area contributed by atoms with Gasteiger partial charge in [0.25, 0.3) is 0 Å². The summed E-state index contributed by atoms with van der Waals surface area (Å²) in [6, 6.07) is 0. The first-order chi connectivity index (χ1) is 6.83. The van der Waals surface area contributed by atoms with Crippen molar-refractivity contribution in [3.63, 3.8) is 0 Å². The quantitative estimate of drug-likeness (QED) is 0.642. The van der Waals surface area contributed by atoms with Gasteiger partial charge in [-0.2, -0.15) is 0 Å². The van der Waals surface area contributed by atoms with E-state index < -0.39 is 0 Å². The second-order valence-corrected chi connectivity index (χ2v) is 4.42. The molecule has 0 radical (unpaired) electrons. The number of nitrogens with one attached hydrogen (secondary N) is 1. The van der Waals surface area contributed by atoms with Crippen LogP contribution in [0.3, 0.4) is 0 Å². The molecule has 0 aromatic heterocycles. The van der Waals surface area contributed by atoms with Crippen molar-refractivity contribution < 1.29 is 9.47 Å². The number of hydrogen-bond acceptors (Lipinski definition) is 3. The topological polar surface area (TPSA) is 30.5 Å². The third kappa shape index (κ3) is 1.58. The van der Waals surface area contributed by atoms with Crippen LogP contribution in [0.25, 0.3) is 0 Å². The molecule has 0 unspecified atom stereocenters. The second kappa shape index (κ2) is 3.80. The van der Waals surface area contributed by atoms with Crippen molar-refractivity contribution in [2.75, 3.05) is 26.3 Å². The first kappa shape index (κ1) is 10.4. The molecule has 0 bridgehead atoms. The number of hydrogen-bond donors (Lipinski definition) is 1. The highest BCUT2D eigenvalue weighted by atomic mass is 16.7. The number of ether oxygens (including phenoxy) is 2. The molecule has 0 atom stereocenters. The molecule has 2 saturated heterocycles. The summed E-state index contributed by atoms with van der Waals surface area (Å²) in [4.78, 5) is 0. The van der Waals surface area contributed by atoms with Gasteiger partial charge >= 0.3 is 0 Å². The fourth-order valence-corrected chi connectivity index (χ4v) is 2.64. The average Bonchev–Trinajstić information content (AvgIpc) is 2.16. The SMILES string of the molecule is C1COC2(CC3(CNC3)C2)OC1.CC. The van der Waals surface area contributed by atoms with Crippen LogP contribution in [0.15, 0.2) is 0 Å². The van der Waals surface area contributed by atoms with E-state index >= 15 is 0 Å². The summed E-state index contributed by atoms with van der Waals surface area (Å²) in [5.41, 5.74) is 0.553. The Labute approximate surface area is 86.2 Å². The maximum atomic E-state index is 5.68. The normalized spacial score (nSPS) is 31.3. The molecule has 0 amide bonds. The average molecular weight is 199 g/mol. The molecular weight excluding hydrogens is 178 g/mol. The monoisotopic (exact) mass is 199 g/mol. The van der Waals surface area contributed by atoms with Crippen molar-refractivity contribution in [2.24, 2.45) is 5.41 Å². The van der Waals surface area contributed by atoms with Crippen LogP contribution in [0, 0.1) is 5.41 Å². The van der Waals surface area contributed by atoms with Crippen LogP contribution in [0.5, 0.6) is 0 Å². The summed E-state index contributed by atoms with van der Waals surface area (Å²) in [6.45, 7) is 8.12. The van der Waals surface area contributed by atoms with Crippen molar-refractivity contribution >= 4 is 0 Å². The Kier molecular flexibility index (Phi) is 2.82. The molecule has 3 aliphatic rings. The van der Waals surface area contributed by atoms with Gasteiger partial charge < -0.3 is 14.8 Å². The summed E-state index contributed by atoms with van der Waals surface area (Å²) in [5, 5.41) is 3.31. The molecule has 3 nitrogen and oxygen atoms in total. The highest BCUT2D eigenvalue weighted by molar-refractivity contribution is 5.08. The lowest BCUT2D eigenvalue weighted by Crippen LogP contribution is -2.69. The van der Waals surface area contributed by atoms with Gasteiger partial charge in [0.15, 0.2) is 5.79 Å². The van der Waals surface area contributed by atoms with Gasteiger partial charge in [0.1, 0.15) is 0 Å². The van der Waals surface area contributed by atoms with Crippen LogP contribution in [-0.4, -0.2) is 32.1 Å². The van der Waals surface area contributed by atoms with E-state index in [-0.39, 0.29) is 5.79 Å². The van der Waals surface area contributed by atoms with E-state index in [0.29, 0.717) is 5.41 Å². The lowest BCUT2D eigenvalue weighted by molar-refractivity contribution is -0.346. The first-order valence-electron chi connectivity index (χ1n) is 5.81. The first-order valence-corrected chi connectivity index (χ1v) is 5.81. The highest BCUT2D eigenvalue weighted by Crippen LogP contribution is 2.54. The third-order valence-corrected chi connectivity index (χ3v) is 3.31. The number of rotatable bonds is 0. The summed E-state index contributed by atoms with van der Waals surface area (Å²) >= 11 is 0. The van der Waals surface area contributed by atoms with Gasteiger partial charge in [0, 0.05) is 31.3 Å². The molecule has 1 N–H and O–H groups in total. The van der Waals surface area contributed by atoms with Crippen LogP contribution in [0.2, 0.25) is 0 Å². The molecule has 3 fully saturated rings. The molecule has 3 rings (SSSR count). The predicted octanol–water partition coefficient (Wildman–Crippen LogP) is 1.53. The minimum absolute atomic E-state index is 0.152. The molecule has 14 heavy (non-hydrogen) atoms. The summed E-state index contributed by atoms with van der Waals surface area (Å²) < 4.78 is 11.4. The Balaban J connectivity index is 0.000000354. The van der Waals surface area contributed by atoms with E-state index in [0.717, 1.165) is 32.5 Å². The molecular formula is C11H21NO2. The van der Waals surface area contributed by atoms with Crippen LogP contribution in [-0.2, 0) is 9.47 Å². The van der Waals surface area contributed by atoms with Gasteiger partial charge in [0.05, 0.1) is 13.2 Å². The standard InChI is InChI=1S/C9H15NO2.C2H6/c1-2-11-9(12-3-1)4-8(5-9)6-10-7-8;1-2/h10H,1-7H2;1-2H3. The largest absolute Gasteiger partial charge is 0.350 e. The van der Waals surface area contributed by atoms with E-state index in [4.69, 9.17) is 9.47 Å². The molecule has 0 aromatic rings. The Hall–Kier alpha value is -0.120. The van der Waals surface area contributed by atoms with Gasteiger partial charge in [-0.25, -0.2) is 0 Å². The van der Waals surface area contributed by atoms with E-state index in [2.05, 4.69) is 5.32 Å². The van der Waals surface area contributed by atoms with Gasteiger partial charge in [-0.05, 0) is 6.42 Å². The molecule has 2 aliphatic heterocycles. The van der Waals surface area contributed by atoms with Crippen LogP contribution in [0.4, 0.5) is 0 Å². The van der Waals surface area contributed by atoms with E-state index in [1.54, 1.807) is 0 Å². The van der Waals surface area contributed by atoms with Crippen LogP contribution in [0.1, 0.15) is 33.1 Å². The van der Waals surface area contributed by atoms with Crippen molar-refractivity contribution in [1.82, 2.24) is 5.32 Å². The molecule has 0 aromatic carbocycles. The summed E-state index contributed by atoms with van der Waals surface area (Å²) in [5.74, 6) is -0.152. The summed E-state index contributed by atoms with van der Waals surface area (Å²) in [6.07, 6.45) is 3.30. The van der Waals surface area contributed by atoms with Gasteiger partial charge in [-0.15, -0.1) is 0 Å². The third-order valence-electron chi connectivity index (χ3n) is 3.31. The Morgan fingerprint density at radius 1 is 1.00 bits per heavy atom. The lowest BCUT2D eigenvalue weighted by atomic mass is 9.60. The minimum atomic E-state index is -0.152. The van der Waals surface area contributed by atoms with E-state index in [1.807, 2.05) is 13.8 Å². The van der Waals surface area contributed by atoms with Crippen LogP contribution < -0.4 is 5.32 Å². The maximum absolute atomic E-state index is 5.68. The minimum Gasteiger partial charge on any atom is -0.350 e. The van der Waals surface area contributed by atoms with Crippen LogP contribution >= 0.6 is 0 Å². The molecule has 1 aliphatic carbocycles. The van der Waals surface area contributed by atoms with Gasteiger partial charge in [-0.1, -0.05) is 13.8 Å². The zero-order chi connectivity index (χ0) is 10.1. The Bertz CT molecular complexity index is 185. The molecule has 82 valence electrons. The Morgan fingerprint density at radius 3 is 2.00 bits per heavy atom. The second-order valence-electron chi connectivity index (χ2n) is 4.42. The fraction of sp³-hybridized carbons (Fsp3) is 1.00. The molecule has 2 heterocycles. The summed E-state index contributed by atoms with van der Waals surface area (Å²) in [7, 11) is 0. The lowest BCUT2D eigenvalue weighted by Gasteiger charge is -2.60. The van der Waals surface area contributed by atoms with Gasteiger partial charge in [0.2, 0.25) is 0 Å². The predicted molar refractivity (Wildman–Crippen MR) is 55.1 cm³/mol. The van der Waals surface area contributed by atoms with Crippen molar-refractivity contribution in [3.8, 4) is 0 Å². The van der Waals surface area contributed by atoms with Gasteiger partial charge in [-0.3, -0.25) is 0 Å². The highest BCUT2D eigenvalue weighted by Gasteiger charge is 2.59.